The van der Waals surface area contributed by atoms with Crippen LogP contribution in [-0.2, 0) is 14.4 Å². The number of fused-ring (bicyclic) bond motifs is 1. The minimum absolute atomic E-state index is 0.161. The van der Waals surface area contributed by atoms with E-state index < -0.39 is 12.0 Å². The van der Waals surface area contributed by atoms with Crippen molar-refractivity contribution in [2.75, 3.05) is 16.6 Å². The molecule has 0 N–H and O–H groups in total. The van der Waals surface area contributed by atoms with E-state index in [0.29, 0.717) is 12.3 Å². The quantitative estimate of drug-likeness (QED) is 0.608. The zero-order valence-electron chi connectivity index (χ0n) is 17.5. The molecule has 0 spiro atoms. The number of carbonyl (C=O) groups is 2. The monoisotopic (exact) mass is 408 g/mol. The van der Waals surface area contributed by atoms with E-state index in [4.69, 9.17) is 9.57 Å². The number of benzene rings is 2. The first-order valence-corrected chi connectivity index (χ1v) is 10.8. The molecule has 2 aromatic carbocycles. The van der Waals surface area contributed by atoms with Crippen molar-refractivity contribution in [3.8, 4) is 5.75 Å². The molecule has 0 radical (unpaired) electrons. The molecule has 2 saturated heterocycles. The van der Waals surface area contributed by atoms with Crippen LogP contribution in [0.1, 0.15) is 39.5 Å². The summed E-state index contributed by atoms with van der Waals surface area (Å²) in [6, 6.07) is 16.7. The van der Waals surface area contributed by atoms with Gasteiger partial charge in [-0.15, -0.1) is 0 Å². The molecule has 2 amide bonds. The molecule has 6 nitrogen and oxygen atoms in total. The van der Waals surface area contributed by atoms with Gasteiger partial charge in [0, 0.05) is 0 Å². The summed E-state index contributed by atoms with van der Waals surface area (Å²) in [5.41, 5.74) is 1.44. The number of hydrogen-bond acceptors (Lipinski definition) is 5. The minimum atomic E-state index is -0.782. The average molecular weight is 408 g/mol. The van der Waals surface area contributed by atoms with Gasteiger partial charge in [0.15, 0.2) is 6.10 Å². The van der Waals surface area contributed by atoms with E-state index in [-0.39, 0.29) is 17.9 Å². The number of unbranched alkanes of at least 4 members (excludes halogenated alkanes) is 1. The van der Waals surface area contributed by atoms with Crippen molar-refractivity contribution >= 4 is 23.2 Å². The normalized spacial score (nSPS) is 23.2. The van der Waals surface area contributed by atoms with Gasteiger partial charge in [-0.1, -0.05) is 44.9 Å². The van der Waals surface area contributed by atoms with Gasteiger partial charge in [-0.2, -0.15) is 0 Å². The maximum absolute atomic E-state index is 13.4. The third-order valence-corrected chi connectivity index (χ3v) is 5.67. The molecule has 2 aromatic rings. The first-order valence-electron chi connectivity index (χ1n) is 10.8. The molecule has 6 heteroatoms. The fourth-order valence-electron chi connectivity index (χ4n) is 4.19. The third kappa shape index (κ3) is 3.67. The predicted molar refractivity (Wildman–Crippen MR) is 115 cm³/mol. The summed E-state index contributed by atoms with van der Waals surface area (Å²) in [4.78, 5) is 33.9. The Morgan fingerprint density at radius 3 is 2.30 bits per heavy atom. The van der Waals surface area contributed by atoms with Crippen molar-refractivity contribution in [3.63, 3.8) is 0 Å². The van der Waals surface area contributed by atoms with Crippen molar-refractivity contribution < 1.29 is 19.2 Å². The van der Waals surface area contributed by atoms with Crippen molar-refractivity contribution in [3.05, 3.63) is 54.6 Å². The number of ether oxygens (including phenoxy) is 1. The Balaban J connectivity index is 1.58. The molecule has 2 aliphatic heterocycles. The average Bonchev–Trinajstić information content (AvgIpc) is 3.27. The standard InChI is InChI=1S/C24H28N2O4/c1-3-5-11-20-21-22(30-26(20)18-9-7-6-8-10-18)24(28)25(23(21)27)17-12-14-19(15-13-17)29-16-4-2/h6-10,12-15,20-22H,3-5,11,16H2,1-2H3. The maximum Gasteiger partial charge on any atom is 0.266 e. The molecule has 4 rings (SSSR count). The predicted octanol–water partition coefficient (Wildman–Crippen LogP) is 4.34. The van der Waals surface area contributed by atoms with Crippen LogP contribution in [0.15, 0.2) is 54.6 Å². The van der Waals surface area contributed by atoms with Gasteiger partial charge in [-0.3, -0.25) is 14.4 Å². The second kappa shape index (κ2) is 8.88. The Bertz CT molecular complexity index is 884. The molecule has 158 valence electrons. The fraction of sp³-hybridized carbons (Fsp3) is 0.417. The van der Waals surface area contributed by atoms with Crippen molar-refractivity contribution in [1.29, 1.82) is 0 Å². The maximum atomic E-state index is 13.4. The second-order valence-corrected chi connectivity index (χ2v) is 7.78. The number of anilines is 2. The van der Waals surface area contributed by atoms with Crippen LogP contribution in [0, 0.1) is 5.92 Å². The van der Waals surface area contributed by atoms with E-state index in [1.807, 2.05) is 37.3 Å². The topological polar surface area (TPSA) is 59.1 Å². The van der Waals surface area contributed by atoms with E-state index in [1.165, 1.54) is 4.90 Å². The highest BCUT2D eigenvalue weighted by molar-refractivity contribution is 6.23. The van der Waals surface area contributed by atoms with E-state index >= 15 is 0 Å². The van der Waals surface area contributed by atoms with Crippen molar-refractivity contribution in [2.45, 2.75) is 51.7 Å². The summed E-state index contributed by atoms with van der Waals surface area (Å²) in [5.74, 6) is -0.258. The summed E-state index contributed by atoms with van der Waals surface area (Å²) >= 11 is 0. The third-order valence-electron chi connectivity index (χ3n) is 5.67. The van der Waals surface area contributed by atoms with Gasteiger partial charge in [-0.25, -0.2) is 9.96 Å². The number of hydrogen-bond donors (Lipinski definition) is 0. The SMILES string of the molecule is CCCCC1C2C(=O)N(c3ccc(OCCC)cc3)C(=O)C2ON1c1ccccc1. The zero-order valence-corrected chi connectivity index (χ0v) is 17.5. The molecule has 0 aromatic heterocycles. The number of hydroxylamine groups is 1. The lowest BCUT2D eigenvalue weighted by Gasteiger charge is -2.28. The fourth-order valence-corrected chi connectivity index (χ4v) is 4.19. The Morgan fingerprint density at radius 1 is 0.900 bits per heavy atom. The van der Waals surface area contributed by atoms with Crippen LogP contribution in [0.3, 0.4) is 0 Å². The lowest BCUT2D eigenvalue weighted by molar-refractivity contribution is -0.126. The van der Waals surface area contributed by atoms with Crippen LogP contribution in [-0.4, -0.2) is 30.6 Å². The number of nitrogens with zero attached hydrogens (tertiary/aromatic N) is 2. The van der Waals surface area contributed by atoms with Crippen LogP contribution >= 0.6 is 0 Å². The number of imide groups is 1. The molecular weight excluding hydrogens is 380 g/mol. The summed E-state index contributed by atoms with van der Waals surface area (Å²) in [5, 5.41) is 1.78. The Labute approximate surface area is 177 Å². The van der Waals surface area contributed by atoms with Crippen LogP contribution in [0.5, 0.6) is 5.75 Å². The van der Waals surface area contributed by atoms with Crippen LogP contribution in [0.25, 0.3) is 0 Å². The Morgan fingerprint density at radius 2 is 1.63 bits per heavy atom. The summed E-state index contributed by atoms with van der Waals surface area (Å²) in [6.45, 7) is 4.80. The largest absolute Gasteiger partial charge is 0.494 e. The lowest BCUT2D eigenvalue weighted by atomic mass is 9.92. The van der Waals surface area contributed by atoms with Gasteiger partial charge in [0.1, 0.15) is 5.75 Å². The van der Waals surface area contributed by atoms with Gasteiger partial charge in [0.2, 0.25) is 5.91 Å². The number of rotatable bonds is 8. The van der Waals surface area contributed by atoms with E-state index in [0.717, 1.165) is 37.1 Å². The molecule has 3 atom stereocenters. The molecule has 0 bridgehead atoms. The highest BCUT2D eigenvalue weighted by Gasteiger charge is 2.59. The molecule has 2 fully saturated rings. The van der Waals surface area contributed by atoms with Gasteiger partial charge in [0.25, 0.3) is 5.91 Å². The number of para-hydroxylation sites is 1. The van der Waals surface area contributed by atoms with Gasteiger partial charge >= 0.3 is 0 Å². The van der Waals surface area contributed by atoms with Gasteiger partial charge < -0.3 is 4.74 Å². The molecule has 0 saturated carbocycles. The smallest absolute Gasteiger partial charge is 0.266 e. The second-order valence-electron chi connectivity index (χ2n) is 7.78. The highest BCUT2D eigenvalue weighted by atomic mass is 16.7. The first-order chi connectivity index (χ1) is 14.7. The minimum Gasteiger partial charge on any atom is -0.494 e. The van der Waals surface area contributed by atoms with Gasteiger partial charge in [0.05, 0.1) is 29.9 Å². The van der Waals surface area contributed by atoms with Crippen LogP contribution in [0.2, 0.25) is 0 Å². The molecule has 2 heterocycles. The molecule has 0 aliphatic carbocycles. The molecular formula is C24H28N2O4. The number of carbonyl (C=O) groups excluding carboxylic acids is 2. The number of amides is 2. The Kier molecular flexibility index (Phi) is 6.04. The highest BCUT2D eigenvalue weighted by Crippen LogP contribution is 2.42. The van der Waals surface area contributed by atoms with Crippen LogP contribution in [0.4, 0.5) is 11.4 Å². The van der Waals surface area contributed by atoms with Crippen molar-refractivity contribution in [1.82, 2.24) is 0 Å². The molecule has 3 unspecified atom stereocenters. The summed E-state index contributed by atoms with van der Waals surface area (Å²) in [6.07, 6.45) is 2.91. The van der Waals surface area contributed by atoms with Crippen molar-refractivity contribution in [2.24, 2.45) is 5.92 Å². The molecule has 2 aliphatic rings. The van der Waals surface area contributed by atoms with Gasteiger partial charge in [-0.05, 0) is 49.2 Å². The lowest BCUT2D eigenvalue weighted by Crippen LogP contribution is -2.40. The van der Waals surface area contributed by atoms with E-state index in [9.17, 15) is 9.59 Å². The molecule has 30 heavy (non-hydrogen) atoms. The zero-order chi connectivity index (χ0) is 21.1. The summed E-state index contributed by atoms with van der Waals surface area (Å²) in [7, 11) is 0. The van der Waals surface area contributed by atoms with Crippen LogP contribution < -0.4 is 14.7 Å². The van der Waals surface area contributed by atoms with E-state index in [2.05, 4.69) is 6.92 Å². The summed E-state index contributed by atoms with van der Waals surface area (Å²) < 4.78 is 5.61. The van der Waals surface area contributed by atoms with E-state index in [1.54, 1.807) is 29.3 Å². The first kappa shape index (κ1) is 20.4. The Hall–Kier alpha value is -2.86.